The monoisotopic (exact) mass is 165 g/mol. The van der Waals surface area contributed by atoms with Crippen LogP contribution < -0.4 is 5.73 Å². The fourth-order valence-electron chi connectivity index (χ4n) is 1.99. The van der Waals surface area contributed by atoms with Gasteiger partial charge in [-0.15, -0.1) is 0 Å². The molecule has 0 amide bonds. The largest absolute Gasteiger partial charge is 0.324 e. The highest BCUT2D eigenvalue weighted by Crippen LogP contribution is 2.29. The minimum atomic E-state index is 0.224. The van der Waals surface area contributed by atoms with E-state index < -0.39 is 0 Å². The highest BCUT2D eigenvalue weighted by atomic mass is 15.3. The van der Waals surface area contributed by atoms with E-state index in [9.17, 15) is 0 Å². The summed E-state index contributed by atoms with van der Waals surface area (Å²) in [5, 5.41) is 4.44. The van der Waals surface area contributed by atoms with Crippen molar-refractivity contribution in [1.29, 1.82) is 0 Å². The Hall–Kier alpha value is -0.830. The maximum atomic E-state index is 6.01. The second-order valence-electron chi connectivity index (χ2n) is 3.57. The average molecular weight is 165 g/mol. The third-order valence-electron chi connectivity index (χ3n) is 2.76. The van der Waals surface area contributed by atoms with Crippen molar-refractivity contribution in [2.75, 3.05) is 0 Å². The van der Waals surface area contributed by atoms with Gasteiger partial charge >= 0.3 is 0 Å². The van der Waals surface area contributed by atoms with Crippen LogP contribution in [0.25, 0.3) is 0 Å². The molecule has 0 bridgehead atoms. The van der Waals surface area contributed by atoms with E-state index in [-0.39, 0.29) is 6.04 Å². The summed E-state index contributed by atoms with van der Waals surface area (Å²) in [5.41, 5.74) is 9.75. The number of hydrogen-bond donors (Lipinski definition) is 1. The minimum Gasteiger partial charge on any atom is -0.324 e. The standard InChI is InChI=1S/C9H15N3/c1-6-9-7(10)4-3-5-8(9)11-12(6)2/h7H,3-5,10H2,1-2H3. The quantitative estimate of drug-likeness (QED) is 0.624. The molecule has 0 aliphatic heterocycles. The predicted octanol–water partition coefficient (Wildman–Crippen LogP) is 1.06. The van der Waals surface area contributed by atoms with Gasteiger partial charge in [0.1, 0.15) is 0 Å². The van der Waals surface area contributed by atoms with Crippen molar-refractivity contribution < 1.29 is 0 Å². The van der Waals surface area contributed by atoms with Crippen LogP contribution in [-0.4, -0.2) is 9.78 Å². The number of rotatable bonds is 0. The number of hydrogen-bond acceptors (Lipinski definition) is 2. The van der Waals surface area contributed by atoms with Gasteiger partial charge in [0.05, 0.1) is 5.69 Å². The van der Waals surface area contributed by atoms with E-state index >= 15 is 0 Å². The first-order valence-electron chi connectivity index (χ1n) is 4.48. The summed E-state index contributed by atoms with van der Waals surface area (Å²) in [7, 11) is 1.99. The Bertz CT molecular complexity index is 301. The molecule has 2 N–H and O–H groups in total. The van der Waals surface area contributed by atoms with Gasteiger partial charge in [-0.3, -0.25) is 4.68 Å². The molecule has 12 heavy (non-hydrogen) atoms. The molecule has 3 heteroatoms. The first-order chi connectivity index (χ1) is 5.70. The average Bonchev–Trinajstić information content (AvgIpc) is 2.29. The van der Waals surface area contributed by atoms with E-state index in [0.717, 1.165) is 12.8 Å². The van der Waals surface area contributed by atoms with E-state index in [2.05, 4.69) is 12.0 Å². The molecule has 0 saturated carbocycles. The summed E-state index contributed by atoms with van der Waals surface area (Å²) in [6.07, 6.45) is 3.40. The molecule has 1 atom stereocenters. The van der Waals surface area contributed by atoms with Crippen LogP contribution >= 0.6 is 0 Å². The molecule has 1 unspecified atom stereocenters. The number of fused-ring (bicyclic) bond motifs is 1. The van der Waals surface area contributed by atoms with Crippen molar-refractivity contribution in [3.8, 4) is 0 Å². The van der Waals surface area contributed by atoms with Crippen molar-refractivity contribution in [2.24, 2.45) is 12.8 Å². The maximum Gasteiger partial charge on any atom is 0.0675 e. The highest BCUT2D eigenvalue weighted by Gasteiger charge is 2.22. The van der Waals surface area contributed by atoms with Crippen LogP contribution in [0.5, 0.6) is 0 Å². The lowest BCUT2D eigenvalue weighted by Crippen LogP contribution is -2.17. The van der Waals surface area contributed by atoms with E-state index in [4.69, 9.17) is 5.73 Å². The molecule has 1 aromatic rings. The van der Waals surface area contributed by atoms with Crippen molar-refractivity contribution in [3.05, 3.63) is 17.0 Å². The molecule has 66 valence electrons. The molecule has 2 rings (SSSR count). The molecule has 3 nitrogen and oxygen atoms in total. The molecule has 1 aliphatic rings. The van der Waals surface area contributed by atoms with Crippen LogP contribution in [0, 0.1) is 6.92 Å². The Morgan fingerprint density at radius 2 is 2.33 bits per heavy atom. The first kappa shape index (κ1) is 7.80. The topological polar surface area (TPSA) is 43.8 Å². The van der Waals surface area contributed by atoms with Gasteiger partial charge in [0.25, 0.3) is 0 Å². The van der Waals surface area contributed by atoms with Gasteiger partial charge in [-0.25, -0.2) is 0 Å². The SMILES string of the molecule is Cc1c2c(nn1C)CCCC2N. The molecule has 0 spiro atoms. The molecule has 0 saturated heterocycles. The van der Waals surface area contributed by atoms with Gasteiger partial charge in [0, 0.05) is 24.3 Å². The Balaban J connectivity index is 2.54. The Labute approximate surface area is 72.6 Å². The zero-order valence-corrected chi connectivity index (χ0v) is 7.67. The molecule has 1 aliphatic carbocycles. The normalized spacial score (nSPS) is 22.4. The van der Waals surface area contributed by atoms with E-state index in [1.165, 1.54) is 23.4 Å². The van der Waals surface area contributed by atoms with Crippen molar-refractivity contribution in [3.63, 3.8) is 0 Å². The number of aryl methyl sites for hydroxylation is 2. The van der Waals surface area contributed by atoms with Gasteiger partial charge in [-0.2, -0.15) is 5.10 Å². The second kappa shape index (κ2) is 2.59. The summed E-state index contributed by atoms with van der Waals surface area (Å²) >= 11 is 0. The van der Waals surface area contributed by atoms with Crippen molar-refractivity contribution >= 4 is 0 Å². The lowest BCUT2D eigenvalue weighted by atomic mass is 9.92. The van der Waals surface area contributed by atoms with Crippen LogP contribution in [0.4, 0.5) is 0 Å². The molecule has 0 fully saturated rings. The molecule has 0 radical (unpaired) electrons. The number of aromatic nitrogens is 2. The lowest BCUT2D eigenvalue weighted by molar-refractivity contribution is 0.564. The van der Waals surface area contributed by atoms with Crippen molar-refractivity contribution in [1.82, 2.24) is 9.78 Å². The molecular weight excluding hydrogens is 150 g/mol. The van der Waals surface area contributed by atoms with Crippen LogP contribution in [0.1, 0.15) is 35.8 Å². The minimum absolute atomic E-state index is 0.224. The zero-order chi connectivity index (χ0) is 8.72. The highest BCUT2D eigenvalue weighted by molar-refractivity contribution is 5.30. The fraction of sp³-hybridized carbons (Fsp3) is 0.667. The Kier molecular flexibility index (Phi) is 1.68. The Morgan fingerprint density at radius 3 is 3.00 bits per heavy atom. The van der Waals surface area contributed by atoms with E-state index in [1.807, 2.05) is 11.7 Å². The third-order valence-corrected chi connectivity index (χ3v) is 2.76. The fourth-order valence-corrected chi connectivity index (χ4v) is 1.99. The summed E-state index contributed by atoms with van der Waals surface area (Å²) in [6, 6.07) is 0.224. The molecule has 1 heterocycles. The third kappa shape index (κ3) is 0.966. The van der Waals surface area contributed by atoms with Gasteiger partial charge < -0.3 is 5.73 Å². The van der Waals surface area contributed by atoms with Crippen LogP contribution in [0.3, 0.4) is 0 Å². The lowest BCUT2D eigenvalue weighted by Gasteiger charge is -2.17. The predicted molar refractivity (Wildman–Crippen MR) is 47.8 cm³/mol. The second-order valence-corrected chi connectivity index (χ2v) is 3.57. The zero-order valence-electron chi connectivity index (χ0n) is 7.67. The van der Waals surface area contributed by atoms with E-state index in [1.54, 1.807) is 0 Å². The maximum absolute atomic E-state index is 6.01. The van der Waals surface area contributed by atoms with Crippen LogP contribution in [0.15, 0.2) is 0 Å². The summed E-state index contributed by atoms with van der Waals surface area (Å²) in [6.45, 7) is 2.09. The molecular formula is C9H15N3. The van der Waals surface area contributed by atoms with Crippen LogP contribution in [-0.2, 0) is 13.5 Å². The van der Waals surface area contributed by atoms with Gasteiger partial charge in [0.15, 0.2) is 0 Å². The van der Waals surface area contributed by atoms with E-state index in [0.29, 0.717) is 0 Å². The first-order valence-corrected chi connectivity index (χ1v) is 4.48. The smallest absolute Gasteiger partial charge is 0.0675 e. The molecule has 0 aromatic carbocycles. The van der Waals surface area contributed by atoms with Gasteiger partial charge in [-0.05, 0) is 26.2 Å². The summed E-state index contributed by atoms with van der Waals surface area (Å²) in [5.74, 6) is 0. The van der Waals surface area contributed by atoms with Crippen LogP contribution in [0.2, 0.25) is 0 Å². The molecule has 1 aromatic heterocycles. The number of nitrogens with zero attached hydrogens (tertiary/aromatic N) is 2. The van der Waals surface area contributed by atoms with Gasteiger partial charge in [0.2, 0.25) is 0 Å². The Morgan fingerprint density at radius 1 is 1.58 bits per heavy atom. The van der Waals surface area contributed by atoms with Crippen molar-refractivity contribution in [2.45, 2.75) is 32.2 Å². The summed E-state index contributed by atoms with van der Waals surface area (Å²) in [4.78, 5) is 0. The summed E-state index contributed by atoms with van der Waals surface area (Å²) < 4.78 is 1.94. The number of nitrogens with two attached hydrogens (primary N) is 1. The van der Waals surface area contributed by atoms with Gasteiger partial charge in [-0.1, -0.05) is 0 Å².